The minimum atomic E-state index is 0.417. The van der Waals surface area contributed by atoms with Gasteiger partial charge >= 0.3 is 0 Å². The molecule has 2 atom stereocenters. The summed E-state index contributed by atoms with van der Waals surface area (Å²) in [6.45, 7) is 1.79. The fraction of sp³-hybridized carbons (Fsp3) is 1.00. The van der Waals surface area contributed by atoms with Crippen molar-refractivity contribution < 1.29 is 4.74 Å². The third kappa shape index (κ3) is 2.94. The first-order chi connectivity index (χ1) is 5.88. The molecule has 1 heterocycles. The highest BCUT2D eigenvalue weighted by Gasteiger charge is 2.22. The highest BCUT2D eigenvalue weighted by molar-refractivity contribution is 7.98. The molecule has 0 aromatic carbocycles. The van der Waals surface area contributed by atoms with Gasteiger partial charge in [0, 0.05) is 18.4 Å². The predicted molar refractivity (Wildman–Crippen MR) is 53.0 cm³/mol. The fourth-order valence-electron chi connectivity index (χ4n) is 1.58. The number of rotatable bonds is 4. The van der Waals surface area contributed by atoms with Gasteiger partial charge in [-0.05, 0) is 25.0 Å². The molecule has 1 rings (SSSR count). The summed E-state index contributed by atoms with van der Waals surface area (Å²) < 4.78 is 5.41. The van der Waals surface area contributed by atoms with Gasteiger partial charge < -0.3 is 4.74 Å². The second-order valence-electron chi connectivity index (χ2n) is 3.21. The van der Waals surface area contributed by atoms with Crippen LogP contribution in [-0.2, 0) is 4.74 Å². The fourth-order valence-corrected chi connectivity index (χ4v) is 2.31. The predicted octanol–water partition coefficient (Wildman–Crippen LogP) is 0.608. The van der Waals surface area contributed by atoms with Crippen LogP contribution in [0.15, 0.2) is 0 Å². The normalized spacial score (nSPS) is 27.0. The van der Waals surface area contributed by atoms with Gasteiger partial charge in [-0.1, -0.05) is 0 Å². The van der Waals surface area contributed by atoms with E-state index >= 15 is 0 Å². The van der Waals surface area contributed by atoms with Gasteiger partial charge in [0.1, 0.15) is 0 Å². The number of hydrogen-bond acceptors (Lipinski definition) is 4. The molecule has 3 N–H and O–H groups in total. The molecule has 12 heavy (non-hydrogen) atoms. The summed E-state index contributed by atoms with van der Waals surface area (Å²) >= 11 is 1.83. The maximum atomic E-state index is 5.47. The molecule has 3 nitrogen and oxygen atoms in total. The van der Waals surface area contributed by atoms with Crippen LogP contribution < -0.4 is 11.3 Å². The van der Waals surface area contributed by atoms with Crippen LogP contribution in [0.4, 0.5) is 0 Å². The van der Waals surface area contributed by atoms with Crippen molar-refractivity contribution in [1.82, 2.24) is 5.43 Å². The van der Waals surface area contributed by atoms with Gasteiger partial charge in [0.25, 0.3) is 0 Å². The Bertz CT molecular complexity index is 115. The molecular formula is C8H18N2OS. The van der Waals surface area contributed by atoms with Crippen LogP contribution in [0.2, 0.25) is 0 Å². The van der Waals surface area contributed by atoms with E-state index in [1.54, 1.807) is 0 Å². The number of hydrazine groups is 1. The van der Waals surface area contributed by atoms with Crippen molar-refractivity contribution in [3.63, 3.8) is 0 Å². The van der Waals surface area contributed by atoms with Crippen LogP contribution in [0.3, 0.4) is 0 Å². The van der Waals surface area contributed by atoms with E-state index in [1.807, 2.05) is 11.8 Å². The van der Waals surface area contributed by atoms with Crippen molar-refractivity contribution in [3.05, 3.63) is 0 Å². The quantitative estimate of drug-likeness (QED) is 0.503. The summed E-state index contributed by atoms with van der Waals surface area (Å²) in [6, 6.07) is 0.417. The lowest BCUT2D eigenvalue weighted by atomic mass is 9.95. The van der Waals surface area contributed by atoms with Crippen LogP contribution in [-0.4, -0.2) is 31.3 Å². The molecule has 4 heteroatoms. The van der Waals surface area contributed by atoms with Crippen molar-refractivity contribution in [1.29, 1.82) is 0 Å². The number of nitrogens with one attached hydrogen (secondary N) is 1. The molecule has 0 spiro atoms. The minimum absolute atomic E-state index is 0.417. The molecule has 1 fully saturated rings. The Labute approximate surface area is 78.4 Å². The zero-order valence-corrected chi connectivity index (χ0v) is 8.40. The van der Waals surface area contributed by atoms with E-state index in [0.29, 0.717) is 12.0 Å². The summed E-state index contributed by atoms with van der Waals surface area (Å²) in [6.07, 6.45) is 4.53. The summed E-state index contributed by atoms with van der Waals surface area (Å²) in [5.41, 5.74) is 2.87. The number of hydrogen-bond donors (Lipinski definition) is 2. The zero-order valence-electron chi connectivity index (χ0n) is 7.58. The lowest BCUT2D eigenvalue weighted by Gasteiger charge is -2.29. The summed E-state index contributed by atoms with van der Waals surface area (Å²) in [7, 11) is 0. The molecule has 1 aliphatic rings. The van der Waals surface area contributed by atoms with E-state index in [4.69, 9.17) is 10.6 Å². The molecule has 0 amide bonds. The maximum Gasteiger partial charge on any atom is 0.0509 e. The number of nitrogens with two attached hydrogens (primary N) is 1. The lowest BCUT2D eigenvalue weighted by molar-refractivity contribution is 0.0427. The number of ether oxygens (including phenoxy) is 1. The minimum Gasteiger partial charge on any atom is -0.381 e. The van der Waals surface area contributed by atoms with Gasteiger partial charge in [0.2, 0.25) is 0 Å². The monoisotopic (exact) mass is 190 g/mol. The van der Waals surface area contributed by atoms with E-state index < -0.39 is 0 Å². The van der Waals surface area contributed by atoms with Crippen LogP contribution in [0, 0.1) is 5.92 Å². The Hall–Kier alpha value is 0.230. The van der Waals surface area contributed by atoms with Crippen molar-refractivity contribution >= 4 is 11.8 Å². The smallest absolute Gasteiger partial charge is 0.0509 e. The molecule has 0 radical (unpaired) electrons. The van der Waals surface area contributed by atoms with E-state index in [-0.39, 0.29) is 0 Å². The molecule has 0 aliphatic carbocycles. The molecule has 1 aliphatic heterocycles. The first kappa shape index (κ1) is 10.3. The molecule has 0 aromatic heterocycles. The van der Waals surface area contributed by atoms with E-state index in [2.05, 4.69) is 11.7 Å². The first-order valence-electron chi connectivity index (χ1n) is 4.41. The van der Waals surface area contributed by atoms with E-state index in [9.17, 15) is 0 Å². The van der Waals surface area contributed by atoms with Crippen LogP contribution in [0.5, 0.6) is 0 Å². The largest absolute Gasteiger partial charge is 0.381 e. The van der Waals surface area contributed by atoms with Gasteiger partial charge in [-0.3, -0.25) is 11.3 Å². The standard InChI is InChI=1S/C8H18N2OS/c1-12-6-8(10-9)7-3-2-4-11-5-7/h7-8,10H,2-6,9H2,1H3. The number of thioether (sulfide) groups is 1. The maximum absolute atomic E-state index is 5.47. The third-order valence-corrected chi connectivity index (χ3v) is 3.02. The summed E-state index contributed by atoms with van der Waals surface area (Å²) in [4.78, 5) is 0. The second kappa shape index (κ2) is 5.80. The summed E-state index contributed by atoms with van der Waals surface area (Å²) in [5.74, 6) is 7.15. The molecule has 72 valence electrons. The van der Waals surface area contributed by atoms with Gasteiger partial charge in [-0.15, -0.1) is 0 Å². The highest BCUT2D eigenvalue weighted by Crippen LogP contribution is 2.18. The van der Waals surface area contributed by atoms with Crippen LogP contribution in [0.1, 0.15) is 12.8 Å². The molecule has 0 aromatic rings. The average Bonchev–Trinajstić information content (AvgIpc) is 2.15. The molecule has 0 bridgehead atoms. The highest BCUT2D eigenvalue weighted by atomic mass is 32.2. The lowest BCUT2D eigenvalue weighted by Crippen LogP contribution is -2.45. The Morgan fingerprint density at radius 2 is 2.58 bits per heavy atom. The van der Waals surface area contributed by atoms with Gasteiger partial charge in [-0.25, -0.2) is 0 Å². The molecule has 0 saturated carbocycles. The summed E-state index contributed by atoms with van der Waals surface area (Å²) in [5, 5.41) is 0. The average molecular weight is 190 g/mol. The van der Waals surface area contributed by atoms with Crippen LogP contribution in [0.25, 0.3) is 0 Å². The Morgan fingerprint density at radius 1 is 1.75 bits per heavy atom. The Kier molecular flexibility index (Phi) is 4.99. The van der Waals surface area contributed by atoms with Crippen molar-refractivity contribution in [2.24, 2.45) is 11.8 Å². The van der Waals surface area contributed by atoms with Gasteiger partial charge in [-0.2, -0.15) is 11.8 Å². The molecular weight excluding hydrogens is 172 g/mol. The van der Waals surface area contributed by atoms with Crippen molar-refractivity contribution in [2.75, 3.05) is 25.2 Å². The third-order valence-electron chi connectivity index (χ3n) is 2.32. The van der Waals surface area contributed by atoms with Crippen molar-refractivity contribution in [2.45, 2.75) is 18.9 Å². The zero-order chi connectivity index (χ0) is 8.81. The topological polar surface area (TPSA) is 47.3 Å². The van der Waals surface area contributed by atoms with E-state index in [1.165, 1.54) is 12.8 Å². The van der Waals surface area contributed by atoms with Crippen LogP contribution >= 0.6 is 11.8 Å². The SMILES string of the molecule is CSCC(NN)C1CCCOC1. The molecule has 1 saturated heterocycles. The Morgan fingerprint density at radius 3 is 3.08 bits per heavy atom. The first-order valence-corrected chi connectivity index (χ1v) is 5.80. The van der Waals surface area contributed by atoms with Crippen molar-refractivity contribution in [3.8, 4) is 0 Å². The van der Waals surface area contributed by atoms with E-state index in [0.717, 1.165) is 19.0 Å². The second-order valence-corrected chi connectivity index (χ2v) is 4.12. The van der Waals surface area contributed by atoms with Gasteiger partial charge in [0.05, 0.1) is 6.61 Å². The molecule has 2 unspecified atom stereocenters. The van der Waals surface area contributed by atoms with Gasteiger partial charge in [0.15, 0.2) is 0 Å². The Balaban J connectivity index is 2.29.